The van der Waals surface area contributed by atoms with Crippen LogP contribution in [0.5, 0.6) is 0 Å². The first-order valence-corrected chi connectivity index (χ1v) is 37.0. The van der Waals surface area contributed by atoms with Crippen molar-refractivity contribution in [2.45, 2.75) is 349 Å². The molecule has 95 heavy (non-hydrogen) atoms. The lowest BCUT2D eigenvalue weighted by atomic mass is 9.96. The van der Waals surface area contributed by atoms with Crippen molar-refractivity contribution in [3.05, 3.63) is 97.2 Å². The SMILES string of the molecule is CC/C=C\C/C=C\C/C=C\C/C=C\C/C=C\C/C=C\C/C=C\CCCCCCCCCCCCCCCCCC(=O)NC(COC1OC(CO)C(OC2OC(CO)C(OC3OC(CO)C(O)C(O)C3O)C(O)C2O)C(O)C1O)C(O)/C=C/CCCCCCCCCCCCC. The van der Waals surface area contributed by atoms with E-state index >= 15 is 0 Å². The second-order valence-electron chi connectivity index (χ2n) is 26.0. The maximum Gasteiger partial charge on any atom is 0.220 e. The maximum atomic E-state index is 13.4. The fourth-order valence-corrected chi connectivity index (χ4v) is 11.9. The molecule has 19 nitrogen and oxygen atoms in total. The monoisotopic (exact) mass is 1350 g/mol. The molecule has 19 heteroatoms. The number of unbranched alkanes of at least 4 members (excludes halogenated alkanes) is 26. The molecule has 17 unspecified atom stereocenters. The van der Waals surface area contributed by atoms with E-state index in [-0.39, 0.29) is 18.9 Å². The Morgan fingerprint density at radius 1 is 0.389 bits per heavy atom. The summed E-state index contributed by atoms with van der Waals surface area (Å²) in [6.45, 7) is 1.60. The van der Waals surface area contributed by atoms with Crippen LogP contribution in [0.1, 0.15) is 245 Å². The predicted octanol–water partition coefficient (Wildman–Crippen LogP) is 10.8. The fourth-order valence-electron chi connectivity index (χ4n) is 11.9. The molecule has 17 atom stereocenters. The Kier molecular flexibility index (Phi) is 51.1. The normalized spacial score (nSPS) is 27.8. The zero-order valence-corrected chi connectivity index (χ0v) is 58.1. The molecule has 3 fully saturated rings. The maximum absolute atomic E-state index is 13.4. The van der Waals surface area contributed by atoms with E-state index in [4.69, 9.17) is 28.4 Å². The molecule has 3 heterocycles. The average molecular weight is 1350 g/mol. The minimum absolute atomic E-state index is 0.239. The highest BCUT2D eigenvalue weighted by Crippen LogP contribution is 2.33. The minimum Gasteiger partial charge on any atom is -0.394 e. The highest BCUT2D eigenvalue weighted by Gasteiger charge is 2.53. The molecule has 3 aliphatic rings. The van der Waals surface area contributed by atoms with Crippen molar-refractivity contribution in [1.29, 1.82) is 0 Å². The molecule has 0 aromatic rings. The summed E-state index contributed by atoms with van der Waals surface area (Å²) in [6.07, 6.45) is 48.3. The van der Waals surface area contributed by atoms with E-state index in [1.165, 1.54) is 122 Å². The van der Waals surface area contributed by atoms with E-state index in [0.717, 1.165) is 96.3 Å². The van der Waals surface area contributed by atoms with Crippen LogP contribution in [-0.4, -0.2) is 193 Å². The smallest absolute Gasteiger partial charge is 0.220 e. The van der Waals surface area contributed by atoms with Crippen LogP contribution < -0.4 is 5.32 Å². The van der Waals surface area contributed by atoms with Crippen LogP contribution >= 0.6 is 0 Å². The van der Waals surface area contributed by atoms with Crippen LogP contribution in [0.3, 0.4) is 0 Å². The Bertz CT molecular complexity index is 2100. The van der Waals surface area contributed by atoms with Gasteiger partial charge in [0.25, 0.3) is 0 Å². The second-order valence-corrected chi connectivity index (χ2v) is 26.0. The van der Waals surface area contributed by atoms with Crippen LogP contribution in [-0.2, 0) is 33.2 Å². The molecule has 1 amide bonds. The lowest BCUT2D eigenvalue weighted by Gasteiger charge is -2.48. The zero-order valence-electron chi connectivity index (χ0n) is 58.1. The van der Waals surface area contributed by atoms with Crippen LogP contribution in [0.15, 0.2) is 97.2 Å². The summed E-state index contributed by atoms with van der Waals surface area (Å²) in [7, 11) is 0. The first kappa shape index (κ1) is 85.9. The van der Waals surface area contributed by atoms with Crippen molar-refractivity contribution in [3.8, 4) is 0 Å². The van der Waals surface area contributed by atoms with Gasteiger partial charge >= 0.3 is 0 Å². The highest BCUT2D eigenvalue weighted by atomic mass is 16.8. The van der Waals surface area contributed by atoms with Crippen molar-refractivity contribution in [3.63, 3.8) is 0 Å². The standard InChI is InChI=1S/C76H131NO18/c1-3-5-7-9-11-13-15-17-18-19-20-21-22-23-24-25-26-27-28-29-30-31-32-33-34-35-36-37-38-39-40-42-44-46-48-50-52-54-64(82)77-59(60(81)53-51-49-47-45-43-41-16-14-12-10-8-6-4-2)58-90-74-70(88)67(85)72(62(56-79)92-74)95-76-71(89)68(86)73(63(57-80)93-76)94-75-69(87)66(84)65(83)61(55-78)91-75/h5,7,11,13,17-18,20-21,23-24,26-27,29-30,51,53,59-63,65-76,78-81,83-89H,3-4,6,8-10,12,14-16,19,22,25,28,31-50,52,54-58H2,1-2H3,(H,77,82)/b7-5-,13-11-,18-17-,21-20-,24-23-,27-26-,30-29-,53-51+. The Morgan fingerprint density at radius 2 is 0.726 bits per heavy atom. The van der Waals surface area contributed by atoms with Crippen molar-refractivity contribution >= 4 is 5.91 Å². The molecular formula is C76H131NO18. The van der Waals surface area contributed by atoms with E-state index in [2.05, 4.69) is 104 Å². The first-order valence-electron chi connectivity index (χ1n) is 37.0. The van der Waals surface area contributed by atoms with Crippen molar-refractivity contribution in [2.75, 3.05) is 26.4 Å². The van der Waals surface area contributed by atoms with E-state index < -0.39 is 124 Å². The summed E-state index contributed by atoms with van der Waals surface area (Å²) in [5, 5.41) is 120. The molecule has 12 N–H and O–H groups in total. The molecule has 3 saturated heterocycles. The molecule has 0 aromatic heterocycles. The predicted molar refractivity (Wildman–Crippen MR) is 374 cm³/mol. The molecule has 0 saturated carbocycles. The molecule has 3 rings (SSSR count). The molecular weight excluding hydrogens is 1210 g/mol. The number of rotatable bonds is 56. The van der Waals surface area contributed by atoms with E-state index in [9.17, 15) is 61.0 Å². The first-order chi connectivity index (χ1) is 46.3. The minimum atomic E-state index is -1.98. The van der Waals surface area contributed by atoms with Crippen LogP contribution in [0.25, 0.3) is 0 Å². The third-order valence-electron chi connectivity index (χ3n) is 17.9. The molecule has 3 aliphatic heterocycles. The lowest BCUT2D eigenvalue weighted by molar-refractivity contribution is -0.379. The van der Waals surface area contributed by atoms with Gasteiger partial charge in [-0.1, -0.05) is 259 Å². The second kappa shape index (κ2) is 56.5. The summed E-state index contributed by atoms with van der Waals surface area (Å²) in [6, 6.07) is -0.977. The molecule has 0 spiro atoms. The third-order valence-corrected chi connectivity index (χ3v) is 17.9. The van der Waals surface area contributed by atoms with Gasteiger partial charge in [0.1, 0.15) is 73.2 Å². The van der Waals surface area contributed by atoms with Gasteiger partial charge in [0.2, 0.25) is 5.91 Å². The largest absolute Gasteiger partial charge is 0.394 e. The third kappa shape index (κ3) is 37.6. The number of aliphatic hydroxyl groups is 11. The zero-order chi connectivity index (χ0) is 68.9. The number of allylic oxidation sites excluding steroid dienone is 15. The van der Waals surface area contributed by atoms with Gasteiger partial charge in [-0.15, -0.1) is 0 Å². The lowest BCUT2D eigenvalue weighted by Crippen LogP contribution is -2.66. The van der Waals surface area contributed by atoms with E-state index in [1.807, 2.05) is 6.08 Å². The molecule has 0 aromatic carbocycles. The van der Waals surface area contributed by atoms with Gasteiger partial charge in [-0.25, -0.2) is 0 Å². The highest BCUT2D eigenvalue weighted by molar-refractivity contribution is 5.76. The Hall–Kier alpha value is -3.29. The number of ether oxygens (including phenoxy) is 6. The summed E-state index contributed by atoms with van der Waals surface area (Å²) < 4.78 is 34.3. The van der Waals surface area contributed by atoms with Gasteiger partial charge in [0.05, 0.1) is 38.6 Å². The molecule has 0 bridgehead atoms. The van der Waals surface area contributed by atoms with E-state index in [0.29, 0.717) is 6.42 Å². The van der Waals surface area contributed by atoms with E-state index in [1.54, 1.807) is 6.08 Å². The van der Waals surface area contributed by atoms with Gasteiger partial charge in [0, 0.05) is 6.42 Å². The Morgan fingerprint density at radius 3 is 1.14 bits per heavy atom. The summed E-state index contributed by atoms with van der Waals surface area (Å²) in [5.74, 6) is -0.279. The van der Waals surface area contributed by atoms with Gasteiger partial charge in [-0.3, -0.25) is 4.79 Å². The van der Waals surface area contributed by atoms with Crippen molar-refractivity contribution < 1.29 is 89.4 Å². The molecule has 0 radical (unpaired) electrons. The van der Waals surface area contributed by atoms with Crippen LogP contribution in [0.4, 0.5) is 0 Å². The molecule has 0 aliphatic carbocycles. The number of hydrogen-bond donors (Lipinski definition) is 12. The fraction of sp³-hybridized carbons (Fsp3) is 0.776. The van der Waals surface area contributed by atoms with Crippen molar-refractivity contribution in [2.24, 2.45) is 0 Å². The number of carbonyl (C=O) groups is 1. The van der Waals surface area contributed by atoms with Crippen LogP contribution in [0, 0.1) is 0 Å². The number of aliphatic hydroxyl groups excluding tert-OH is 11. The Labute approximate surface area is 571 Å². The summed E-state index contributed by atoms with van der Waals surface area (Å²) in [4.78, 5) is 13.4. The summed E-state index contributed by atoms with van der Waals surface area (Å²) in [5.41, 5.74) is 0. The number of hydrogen-bond acceptors (Lipinski definition) is 18. The van der Waals surface area contributed by atoms with Crippen molar-refractivity contribution in [1.82, 2.24) is 5.32 Å². The van der Waals surface area contributed by atoms with Gasteiger partial charge in [-0.2, -0.15) is 0 Å². The summed E-state index contributed by atoms with van der Waals surface area (Å²) >= 11 is 0. The number of carbonyl (C=O) groups excluding carboxylic acids is 1. The van der Waals surface area contributed by atoms with Crippen LogP contribution in [0.2, 0.25) is 0 Å². The average Bonchev–Trinajstić information content (AvgIpc) is 0.791. The quantitative estimate of drug-likeness (QED) is 0.0199. The number of amides is 1. The van der Waals surface area contributed by atoms with Gasteiger partial charge < -0.3 is 89.9 Å². The van der Waals surface area contributed by atoms with Gasteiger partial charge in [-0.05, 0) is 77.0 Å². The Balaban J connectivity index is 1.33. The molecule has 548 valence electrons. The number of nitrogens with one attached hydrogen (secondary N) is 1. The van der Waals surface area contributed by atoms with Gasteiger partial charge in [0.15, 0.2) is 18.9 Å². The topological polar surface area (TPSA) is 307 Å².